The lowest BCUT2D eigenvalue weighted by atomic mass is 10.0. The monoisotopic (exact) mass is 430 g/mol. The molecule has 0 fully saturated rings. The van der Waals surface area contributed by atoms with Crippen molar-refractivity contribution in [3.63, 3.8) is 0 Å². The van der Waals surface area contributed by atoms with Crippen molar-refractivity contribution in [1.82, 2.24) is 0 Å². The molecule has 1 N–H and O–H groups in total. The molecule has 2 atom stereocenters. The van der Waals surface area contributed by atoms with E-state index in [1.165, 1.54) is 18.2 Å². The van der Waals surface area contributed by atoms with Gasteiger partial charge in [0.25, 0.3) is 0 Å². The molecular weight excluding hydrogens is 409 g/mol. The van der Waals surface area contributed by atoms with Crippen LogP contribution in [0.1, 0.15) is 30.1 Å². The van der Waals surface area contributed by atoms with Crippen LogP contribution >= 0.6 is 0 Å². The third-order valence-electron chi connectivity index (χ3n) is 4.65. The second kappa shape index (κ2) is 8.62. The van der Waals surface area contributed by atoms with Gasteiger partial charge in [0.05, 0.1) is 12.4 Å². The Kier molecular flexibility index (Phi) is 6.38. The number of halogens is 3. The van der Waals surface area contributed by atoms with Crippen molar-refractivity contribution in [1.29, 1.82) is 0 Å². The molecule has 5 nitrogen and oxygen atoms in total. The fourth-order valence-corrected chi connectivity index (χ4v) is 4.32. The molecule has 0 saturated heterocycles. The van der Waals surface area contributed by atoms with Crippen molar-refractivity contribution >= 4 is 10.1 Å². The minimum absolute atomic E-state index is 0.0404. The quantitative estimate of drug-likeness (QED) is 0.641. The summed E-state index contributed by atoms with van der Waals surface area (Å²) in [5, 5.41) is 9.67. The SMILES string of the molecule is O=S(=O)(CCCC(F)(F)F)Oc1cccc(O[C@H]2c3ccccc3C[C@@H]2CO)c1. The summed E-state index contributed by atoms with van der Waals surface area (Å²) in [6.07, 6.45) is -5.90. The van der Waals surface area contributed by atoms with Crippen molar-refractivity contribution in [2.24, 2.45) is 5.92 Å². The van der Waals surface area contributed by atoms with E-state index in [4.69, 9.17) is 8.92 Å². The van der Waals surface area contributed by atoms with E-state index >= 15 is 0 Å². The maximum absolute atomic E-state index is 12.2. The molecule has 3 rings (SSSR count). The molecular formula is C20H21F3O5S. The Hall–Kier alpha value is -2.26. The Labute approximate surface area is 167 Å². The van der Waals surface area contributed by atoms with Gasteiger partial charge < -0.3 is 14.0 Å². The predicted octanol–water partition coefficient (Wildman–Crippen LogP) is 4.02. The first kappa shape index (κ1) is 21.4. The number of rotatable bonds is 8. The van der Waals surface area contributed by atoms with Gasteiger partial charge in [-0.25, -0.2) is 0 Å². The zero-order valence-corrected chi connectivity index (χ0v) is 16.2. The summed E-state index contributed by atoms with van der Waals surface area (Å²) in [5.41, 5.74) is 2.04. The standard InChI is InChI=1S/C20H21F3O5S/c21-20(22,23)9-4-10-29(25,26)28-17-7-3-6-16(12-17)27-19-15(13-24)11-14-5-1-2-8-18(14)19/h1-3,5-8,12,15,19,24H,4,9-11,13H2/t15-,19-/m1/s1. The Morgan fingerprint density at radius 1 is 1.07 bits per heavy atom. The molecule has 0 aliphatic heterocycles. The smallest absolute Gasteiger partial charge is 0.389 e. The lowest BCUT2D eigenvalue weighted by molar-refractivity contribution is -0.134. The molecule has 0 spiro atoms. The van der Waals surface area contributed by atoms with E-state index in [1.807, 2.05) is 24.3 Å². The number of fused-ring (bicyclic) bond motifs is 1. The molecule has 2 aromatic carbocycles. The van der Waals surface area contributed by atoms with Gasteiger partial charge in [-0.2, -0.15) is 21.6 Å². The highest BCUT2D eigenvalue weighted by atomic mass is 32.2. The van der Waals surface area contributed by atoms with Crippen LogP contribution in [0.5, 0.6) is 11.5 Å². The van der Waals surface area contributed by atoms with E-state index in [-0.39, 0.29) is 18.3 Å². The van der Waals surface area contributed by atoms with Crippen molar-refractivity contribution < 1.29 is 35.6 Å². The Balaban J connectivity index is 1.68. The van der Waals surface area contributed by atoms with Crippen LogP contribution in [0.25, 0.3) is 0 Å². The van der Waals surface area contributed by atoms with E-state index in [2.05, 4.69) is 0 Å². The molecule has 0 aromatic heterocycles. The molecule has 2 aromatic rings. The highest BCUT2D eigenvalue weighted by Crippen LogP contribution is 2.39. The summed E-state index contributed by atoms with van der Waals surface area (Å²) in [6.45, 7) is -0.0663. The molecule has 158 valence electrons. The largest absolute Gasteiger partial charge is 0.485 e. The number of aliphatic hydroxyl groups is 1. The third kappa shape index (κ3) is 5.86. The molecule has 1 aliphatic carbocycles. The highest BCUT2D eigenvalue weighted by molar-refractivity contribution is 7.87. The number of alkyl halides is 3. The minimum Gasteiger partial charge on any atom is -0.485 e. The van der Waals surface area contributed by atoms with Crippen LogP contribution in [-0.2, 0) is 16.5 Å². The summed E-state index contributed by atoms with van der Waals surface area (Å²) in [7, 11) is -4.16. The van der Waals surface area contributed by atoms with Crippen LogP contribution in [0.3, 0.4) is 0 Å². The summed E-state index contributed by atoms with van der Waals surface area (Å²) < 4.78 is 71.4. The molecule has 0 unspecified atom stereocenters. The van der Waals surface area contributed by atoms with Gasteiger partial charge >= 0.3 is 16.3 Å². The molecule has 0 bridgehead atoms. The topological polar surface area (TPSA) is 72.8 Å². The van der Waals surface area contributed by atoms with Gasteiger partial charge in [-0.3, -0.25) is 0 Å². The van der Waals surface area contributed by atoms with Crippen LogP contribution in [0, 0.1) is 5.92 Å². The molecule has 29 heavy (non-hydrogen) atoms. The molecule has 0 amide bonds. The van der Waals surface area contributed by atoms with Crippen molar-refractivity contribution in [2.75, 3.05) is 12.4 Å². The number of ether oxygens (including phenoxy) is 1. The summed E-state index contributed by atoms with van der Waals surface area (Å²) >= 11 is 0. The number of benzene rings is 2. The Bertz CT molecular complexity index is 943. The average Bonchev–Trinajstić information content (AvgIpc) is 2.98. The number of hydrogen-bond donors (Lipinski definition) is 1. The predicted molar refractivity (Wildman–Crippen MR) is 100 cm³/mol. The zero-order chi connectivity index (χ0) is 21.1. The first-order valence-corrected chi connectivity index (χ1v) is 10.7. The maximum Gasteiger partial charge on any atom is 0.389 e. The molecule has 0 radical (unpaired) electrons. The Morgan fingerprint density at radius 2 is 1.79 bits per heavy atom. The molecule has 9 heteroatoms. The van der Waals surface area contributed by atoms with E-state index in [1.54, 1.807) is 6.07 Å². The van der Waals surface area contributed by atoms with Crippen LogP contribution in [0.4, 0.5) is 13.2 Å². The van der Waals surface area contributed by atoms with Gasteiger partial charge in [-0.1, -0.05) is 30.3 Å². The van der Waals surface area contributed by atoms with E-state index in [0.29, 0.717) is 12.2 Å². The van der Waals surface area contributed by atoms with Crippen molar-refractivity contribution in [3.05, 3.63) is 59.7 Å². The summed E-state index contributed by atoms with van der Waals surface area (Å²) in [5.74, 6) is -0.572. The van der Waals surface area contributed by atoms with E-state index in [9.17, 15) is 26.7 Å². The van der Waals surface area contributed by atoms with E-state index in [0.717, 1.165) is 11.1 Å². The van der Waals surface area contributed by atoms with Crippen molar-refractivity contribution in [3.8, 4) is 11.5 Å². The first-order chi connectivity index (χ1) is 13.7. The molecule has 0 saturated carbocycles. The van der Waals surface area contributed by atoms with Gasteiger partial charge in [-0.15, -0.1) is 0 Å². The van der Waals surface area contributed by atoms with Gasteiger partial charge in [0, 0.05) is 18.4 Å². The van der Waals surface area contributed by atoms with Gasteiger partial charge in [-0.05, 0) is 36.1 Å². The fourth-order valence-electron chi connectivity index (χ4n) is 3.34. The average molecular weight is 430 g/mol. The van der Waals surface area contributed by atoms with E-state index < -0.39 is 41.0 Å². The number of hydrogen-bond acceptors (Lipinski definition) is 5. The fraction of sp³-hybridized carbons (Fsp3) is 0.400. The van der Waals surface area contributed by atoms with Crippen LogP contribution < -0.4 is 8.92 Å². The van der Waals surface area contributed by atoms with Crippen LogP contribution in [0.2, 0.25) is 0 Å². The lowest BCUT2D eigenvalue weighted by Crippen LogP contribution is -2.18. The first-order valence-electron chi connectivity index (χ1n) is 9.11. The van der Waals surface area contributed by atoms with Crippen LogP contribution in [-0.4, -0.2) is 32.1 Å². The second-order valence-electron chi connectivity index (χ2n) is 6.92. The molecule has 1 aliphatic rings. The summed E-state index contributed by atoms with van der Waals surface area (Å²) in [4.78, 5) is 0. The highest BCUT2D eigenvalue weighted by Gasteiger charge is 2.33. The van der Waals surface area contributed by atoms with Crippen molar-refractivity contribution in [2.45, 2.75) is 31.5 Å². The third-order valence-corrected chi connectivity index (χ3v) is 5.89. The molecule has 0 heterocycles. The maximum atomic E-state index is 12.2. The Morgan fingerprint density at radius 3 is 2.52 bits per heavy atom. The van der Waals surface area contributed by atoms with Gasteiger partial charge in [0.15, 0.2) is 0 Å². The van der Waals surface area contributed by atoms with Gasteiger partial charge in [0.1, 0.15) is 17.6 Å². The summed E-state index contributed by atoms with van der Waals surface area (Å²) in [6, 6.07) is 13.6. The van der Waals surface area contributed by atoms with Crippen LogP contribution in [0.15, 0.2) is 48.5 Å². The lowest BCUT2D eigenvalue weighted by Gasteiger charge is -2.21. The van der Waals surface area contributed by atoms with Gasteiger partial charge in [0.2, 0.25) is 0 Å². The normalized spacial score (nSPS) is 19.0. The minimum atomic E-state index is -4.41. The number of aliphatic hydroxyl groups excluding tert-OH is 1. The zero-order valence-electron chi connectivity index (χ0n) is 15.4. The second-order valence-corrected chi connectivity index (χ2v) is 8.61.